The molecule has 0 amide bonds. The molecular formula is C9H17NO2. The molecule has 0 aromatic heterocycles. The Labute approximate surface area is 73.5 Å². The zero-order valence-corrected chi connectivity index (χ0v) is 7.96. The third-order valence-electron chi connectivity index (χ3n) is 2.40. The number of hydrogen-bond acceptors (Lipinski definition) is 3. The van der Waals surface area contributed by atoms with E-state index < -0.39 is 0 Å². The van der Waals surface area contributed by atoms with Crippen LogP contribution in [-0.4, -0.2) is 25.7 Å². The van der Waals surface area contributed by atoms with E-state index in [-0.39, 0.29) is 11.9 Å². The van der Waals surface area contributed by atoms with Crippen LogP contribution in [0.3, 0.4) is 0 Å². The second-order valence-corrected chi connectivity index (χ2v) is 3.65. The van der Waals surface area contributed by atoms with Crippen molar-refractivity contribution in [1.29, 1.82) is 0 Å². The summed E-state index contributed by atoms with van der Waals surface area (Å²) in [7, 11) is 1.43. The standard InChI is InChI=1S/C9H17NO2/c1-6-4-8(6)10-5-7(2)9(11)12-3/h6-8,10H,4-5H2,1-3H3. The van der Waals surface area contributed by atoms with E-state index in [9.17, 15) is 4.79 Å². The van der Waals surface area contributed by atoms with Crippen molar-refractivity contribution >= 4 is 5.97 Å². The van der Waals surface area contributed by atoms with Gasteiger partial charge in [-0.1, -0.05) is 13.8 Å². The van der Waals surface area contributed by atoms with Gasteiger partial charge in [-0.25, -0.2) is 0 Å². The molecule has 0 aromatic carbocycles. The molecule has 1 N–H and O–H groups in total. The minimum atomic E-state index is -0.129. The maximum Gasteiger partial charge on any atom is 0.309 e. The quantitative estimate of drug-likeness (QED) is 0.636. The van der Waals surface area contributed by atoms with Crippen molar-refractivity contribution in [3.8, 4) is 0 Å². The van der Waals surface area contributed by atoms with E-state index in [1.54, 1.807) is 0 Å². The van der Waals surface area contributed by atoms with E-state index in [4.69, 9.17) is 0 Å². The van der Waals surface area contributed by atoms with Gasteiger partial charge in [-0.3, -0.25) is 4.79 Å². The van der Waals surface area contributed by atoms with Crippen LogP contribution in [-0.2, 0) is 9.53 Å². The highest BCUT2D eigenvalue weighted by molar-refractivity contribution is 5.72. The first-order valence-corrected chi connectivity index (χ1v) is 4.46. The fourth-order valence-corrected chi connectivity index (χ4v) is 1.22. The number of carbonyl (C=O) groups is 1. The molecular weight excluding hydrogens is 154 g/mol. The van der Waals surface area contributed by atoms with Crippen LogP contribution >= 0.6 is 0 Å². The lowest BCUT2D eigenvalue weighted by Crippen LogP contribution is -2.29. The molecule has 70 valence electrons. The Morgan fingerprint density at radius 3 is 2.75 bits per heavy atom. The Hall–Kier alpha value is -0.570. The molecule has 1 fully saturated rings. The Morgan fingerprint density at radius 1 is 1.75 bits per heavy atom. The Balaban J connectivity index is 2.10. The van der Waals surface area contributed by atoms with Crippen LogP contribution in [0.5, 0.6) is 0 Å². The van der Waals surface area contributed by atoms with Gasteiger partial charge in [0.25, 0.3) is 0 Å². The van der Waals surface area contributed by atoms with Crippen molar-refractivity contribution in [2.75, 3.05) is 13.7 Å². The number of carbonyl (C=O) groups excluding carboxylic acids is 1. The van der Waals surface area contributed by atoms with Crippen LogP contribution in [0.2, 0.25) is 0 Å². The minimum absolute atomic E-state index is 0.0252. The molecule has 12 heavy (non-hydrogen) atoms. The van der Waals surface area contributed by atoms with Crippen LogP contribution < -0.4 is 5.32 Å². The lowest BCUT2D eigenvalue weighted by atomic mass is 10.2. The van der Waals surface area contributed by atoms with Crippen LogP contribution in [0.25, 0.3) is 0 Å². The van der Waals surface area contributed by atoms with E-state index in [1.807, 2.05) is 6.92 Å². The third-order valence-corrected chi connectivity index (χ3v) is 2.40. The normalized spacial score (nSPS) is 29.6. The summed E-state index contributed by atoms with van der Waals surface area (Å²) in [6.45, 7) is 4.83. The number of methoxy groups -OCH3 is 1. The maximum absolute atomic E-state index is 11.0. The molecule has 0 aromatic rings. The summed E-state index contributed by atoms with van der Waals surface area (Å²) >= 11 is 0. The van der Waals surface area contributed by atoms with Crippen molar-refractivity contribution < 1.29 is 9.53 Å². The fourth-order valence-electron chi connectivity index (χ4n) is 1.22. The van der Waals surface area contributed by atoms with E-state index in [0.29, 0.717) is 6.04 Å². The van der Waals surface area contributed by atoms with Gasteiger partial charge in [-0.2, -0.15) is 0 Å². The second kappa shape index (κ2) is 3.90. The molecule has 0 spiro atoms. The molecule has 3 atom stereocenters. The molecule has 0 heterocycles. The van der Waals surface area contributed by atoms with E-state index in [1.165, 1.54) is 13.5 Å². The smallest absolute Gasteiger partial charge is 0.309 e. The summed E-state index contributed by atoms with van der Waals surface area (Å²) in [5, 5.41) is 3.32. The molecule has 0 radical (unpaired) electrons. The van der Waals surface area contributed by atoms with Gasteiger partial charge < -0.3 is 10.1 Å². The predicted molar refractivity (Wildman–Crippen MR) is 46.8 cm³/mol. The van der Waals surface area contributed by atoms with Gasteiger partial charge in [0.05, 0.1) is 13.0 Å². The summed E-state index contributed by atoms with van der Waals surface area (Å²) in [5.74, 6) is 0.633. The Morgan fingerprint density at radius 2 is 2.33 bits per heavy atom. The van der Waals surface area contributed by atoms with Crippen LogP contribution in [0.1, 0.15) is 20.3 Å². The Kier molecular flexibility index (Phi) is 3.09. The molecule has 1 rings (SSSR count). The number of rotatable bonds is 4. The summed E-state index contributed by atoms with van der Waals surface area (Å²) in [6.07, 6.45) is 1.24. The van der Waals surface area contributed by atoms with Gasteiger partial charge in [0.2, 0.25) is 0 Å². The van der Waals surface area contributed by atoms with Gasteiger partial charge in [0.1, 0.15) is 0 Å². The molecule has 0 bridgehead atoms. The lowest BCUT2D eigenvalue weighted by molar-refractivity contribution is -0.144. The Bertz CT molecular complexity index is 170. The summed E-state index contributed by atoms with van der Waals surface area (Å²) in [6, 6.07) is 0.636. The van der Waals surface area contributed by atoms with Crippen molar-refractivity contribution in [2.24, 2.45) is 11.8 Å². The first-order chi connectivity index (χ1) is 5.65. The van der Waals surface area contributed by atoms with Gasteiger partial charge in [-0.05, 0) is 12.3 Å². The summed E-state index contributed by atoms with van der Waals surface area (Å²) in [5.41, 5.74) is 0. The molecule has 1 aliphatic rings. The number of ether oxygens (including phenoxy) is 1. The number of esters is 1. The van der Waals surface area contributed by atoms with Gasteiger partial charge in [-0.15, -0.1) is 0 Å². The zero-order valence-electron chi connectivity index (χ0n) is 7.96. The molecule has 3 unspecified atom stereocenters. The van der Waals surface area contributed by atoms with Crippen LogP contribution in [0, 0.1) is 11.8 Å². The highest BCUT2D eigenvalue weighted by Crippen LogP contribution is 2.28. The third kappa shape index (κ3) is 2.48. The average Bonchev–Trinajstić information content (AvgIpc) is 2.76. The maximum atomic E-state index is 11.0. The monoisotopic (exact) mass is 171 g/mol. The predicted octanol–water partition coefficient (Wildman–Crippen LogP) is 0.793. The van der Waals surface area contributed by atoms with Gasteiger partial charge in [0, 0.05) is 12.6 Å². The first kappa shape index (κ1) is 9.52. The summed E-state index contributed by atoms with van der Waals surface area (Å²) < 4.78 is 4.61. The first-order valence-electron chi connectivity index (χ1n) is 4.46. The lowest BCUT2D eigenvalue weighted by Gasteiger charge is -2.09. The molecule has 3 heteroatoms. The highest BCUT2D eigenvalue weighted by Gasteiger charge is 2.32. The summed E-state index contributed by atoms with van der Waals surface area (Å²) in [4.78, 5) is 11.0. The van der Waals surface area contributed by atoms with E-state index >= 15 is 0 Å². The van der Waals surface area contributed by atoms with E-state index in [2.05, 4.69) is 17.0 Å². The topological polar surface area (TPSA) is 38.3 Å². The molecule has 3 nitrogen and oxygen atoms in total. The number of hydrogen-bond donors (Lipinski definition) is 1. The van der Waals surface area contributed by atoms with Crippen molar-refractivity contribution in [3.63, 3.8) is 0 Å². The SMILES string of the molecule is COC(=O)C(C)CNC1CC1C. The van der Waals surface area contributed by atoms with Crippen LogP contribution in [0.4, 0.5) is 0 Å². The largest absolute Gasteiger partial charge is 0.469 e. The minimum Gasteiger partial charge on any atom is -0.469 e. The highest BCUT2D eigenvalue weighted by atomic mass is 16.5. The second-order valence-electron chi connectivity index (χ2n) is 3.65. The van der Waals surface area contributed by atoms with Gasteiger partial charge in [0.15, 0.2) is 0 Å². The van der Waals surface area contributed by atoms with Crippen molar-refractivity contribution in [2.45, 2.75) is 26.3 Å². The van der Waals surface area contributed by atoms with E-state index in [0.717, 1.165) is 12.5 Å². The van der Waals surface area contributed by atoms with Crippen molar-refractivity contribution in [1.82, 2.24) is 5.32 Å². The fraction of sp³-hybridized carbons (Fsp3) is 0.889. The number of nitrogens with one attached hydrogen (secondary N) is 1. The van der Waals surface area contributed by atoms with Crippen LogP contribution in [0.15, 0.2) is 0 Å². The molecule has 0 saturated heterocycles. The van der Waals surface area contributed by atoms with Gasteiger partial charge >= 0.3 is 5.97 Å². The molecule has 1 aliphatic carbocycles. The average molecular weight is 171 g/mol. The molecule has 1 saturated carbocycles. The molecule has 0 aliphatic heterocycles. The zero-order chi connectivity index (χ0) is 9.14. The van der Waals surface area contributed by atoms with Crippen molar-refractivity contribution in [3.05, 3.63) is 0 Å².